The molecular weight excluding hydrogens is 220 g/mol. The molecule has 1 heterocycles. The van der Waals surface area contributed by atoms with Gasteiger partial charge in [-0.15, -0.1) is 0 Å². The highest BCUT2D eigenvalue weighted by Crippen LogP contribution is 2.20. The van der Waals surface area contributed by atoms with Crippen LogP contribution >= 0.6 is 0 Å². The van der Waals surface area contributed by atoms with Crippen LogP contribution in [0.2, 0.25) is 0 Å². The van der Waals surface area contributed by atoms with Crippen molar-refractivity contribution in [2.45, 2.75) is 0 Å². The summed E-state index contributed by atoms with van der Waals surface area (Å²) in [4.78, 5) is 0. The molecule has 1 rings (SSSR count). The second-order valence-corrected chi connectivity index (χ2v) is 5.46. The van der Waals surface area contributed by atoms with Crippen LogP contribution < -0.4 is 0 Å². The van der Waals surface area contributed by atoms with Crippen molar-refractivity contribution >= 4 is 0 Å². The first-order chi connectivity index (χ1) is 8.66. The van der Waals surface area contributed by atoms with Gasteiger partial charge in [-0.05, 0) is 24.3 Å². The molecule has 0 unspecified atom stereocenters. The van der Waals surface area contributed by atoms with E-state index in [1.54, 1.807) is 0 Å². The molecule has 1 fully saturated rings. The lowest BCUT2D eigenvalue weighted by atomic mass is 10.1. The van der Waals surface area contributed by atoms with Crippen LogP contribution in [0, 0.1) is 0 Å². The minimum absolute atomic E-state index is 1.05. The van der Waals surface area contributed by atoms with Crippen LogP contribution in [0.3, 0.4) is 0 Å². The van der Waals surface area contributed by atoms with Crippen LogP contribution in [0.15, 0.2) is 50.6 Å². The van der Waals surface area contributed by atoms with Gasteiger partial charge in [-0.2, -0.15) is 0 Å². The van der Waals surface area contributed by atoms with E-state index in [-0.39, 0.29) is 0 Å². The van der Waals surface area contributed by atoms with Crippen LogP contribution in [0.5, 0.6) is 0 Å². The van der Waals surface area contributed by atoms with Gasteiger partial charge in [0, 0.05) is 0 Å². The third kappa shape index (κ3) is 3.44. The lowest BCUT2D eigenvalue weighted by Gasteiger charge is -2.48. The summed E-state index contributed by atoms with van der Waals surface area (Å²) in [7, 11) is 0. The summed E-state index contributed by atoms with van der Waals surface area (Å²) in [5.74, 6) is 0. The second-order valence-electron chi connectivity index (χ2n) is 5.46. The summed E-state index contributed by atoms with van der Waals surface area (Å²) in [6.07, 6.45) is 8.18. The largest absolute Gasteiger partial charge is 0.308 e. The maximum atomic E-state index is 3.90. The Morgan fingerprint density at radius 2 is 0.778 bits per heavy atom. The van der Waals surface area contributed by atoms with Crippen molar-refractivity contribution in [1.29, 1.82) is 0 Å². The normalized spacial score (nSPS) is 20.9. The lowest BCUT2D eigenvalue weighted by Crippen LogP contribution is -2.66. The molecule has 18 heavy (non-hydrogen) atoms. The van der Waals surface area contributed by atoms with Gasteiger partial charge in [0.25, 0.3) is 0 Å². The van der Waals surface area contributed by atoms with Crippen molar-refractivity contribution in [3.63, 3.8) is 0 Å². The molecule has 0 saturated carbocycles. The number of hydrogen-bond donors (Lipinski definition) is 0. The Balaban J connectivity index is 2.75. The smallest absolute Gasteiger partial charge is 0.129 e. The zero-order valence-corrected chi connectivity index (χ0v) is 11.7. The molecule has 2 heteroatoms. The van der Waals surface area contributed by atoms with Gasteiger partial charge in [0.2, 0.25) is 0 Å². The molecule has 0 amide bonds. The minimum Gasteiger partial charge on any atom is -0.308 e. The van der Waals surface area contributed by atoms with Gasteiger partial charge >= 0.3 is 0 Å². The molecule has 0 radical (unpaired) electrons. The molecular formula is C16H28N2+2. The van der Waals surface area contributed by atoms with Gasteiger partial charge in [0.05, 0.1) is 26.2 Å². The maximum Gasteiger partial charge on any atom is 0.129 e. The summed E-state index contributed by atoms with van der Waals surface area (Å²) in [6, 6.07) is 0. The summed E-state index contributed by atoms with van der Waals surface area (Å²) < 4.78 is 2.22. The molecule has 0 aromatic rings. The molecule has 0 N–H and O–H groups in total. The average Bonchev–Trinajstić information content (AvgIpc) is 2.35. The predicted octanol–water partition coefficient (Wildman–Crippen LogP) is 2.38. The van der Waals surface area contributed by atoms with Crippen LogP contribution in [-0.4, -0.2) is 61.3 Å². The first-order valence-electron chi connectivity index (χ1n) is 6.80. The highest BCUT2D eigenvalue weighted by molar-refractivity contribution is 4.77. The van der Waals surface area contributed by atoms with E-state index in [1.807, 2.05) is 24.3 Å². The van der Waals surface area contributed by atoms with Gasteiger partial charge in [-0.1, -0.05) is 26.3 Å². The molecule has 2 nitrogen and oxygen atoms in total. The topological polar surface area (TPSA) is 0 Å². The van der Waals surface area contributed by atoms with Gasteiger partial charge < -0.3 is 8.97 Å². The minimum atomic E-state index is 1.05. The van der Waals surface area contributed by atoms with E-state index in [0.29, 0.717) is 0 Å². The van der Waals surface area contributed by atoms with Crippen molar-refractivity contribution < 1.29 is 8.97 Å². The van der Waals surface area contributed by atoms with Crippen molar-refractivity contribution in [3.05, 3.63) is 50.6 Å². The third-order valence-electron chi connectivity index (χ3n) is 4.16. The van der Waals surface area contributed by atoms with Crippen molar-refractivity contribution in [1.82, 2.24) is 0 Å². The summed E-state index contributed by atoms with van der Waals surface area (Å²) in [6.45, 7) is 24.6. The number of nitrogens with zero attached hydrogens (tertiary/aromatic N) is 2. The Bertz CT molecular complexity index is 253. The summed E-state index contributed by atoms with van der Waals surface area (Å²) in [5, 5.41) is 0. The van der Waals surface area contributed by atoms with E-state index < -0.39 is 0 Å². The number of quaternary nitrogens is 2. The first kappa shape index (κ1) is 14.9. The lowest BCUT2D eigenvalue weighted by molar-refractivity contribution is -1.02. The van der Waals surface area contributed by atoms with E-state index >= 15 is 0 Å². The monoisotopic (exact) mass is 248 g/mol. The van der Waals surface area contributed by atoms with Gasteiger partial charge in [-0.3, -0.25) is 0 Å². The molecule has 1 saturated heterocycles. The SMILES string of the molecule is C=CC[N+]1(CC=C)CC[N+](CC=C)(CC=C)CC1. The van der Waals surface area contributed by atoms with E-state index in [9.17, 15) is 0 Å². The predicted molar refractivity (Wildman–Crippen MR) is 80.2 cm³/mol. The van der Waals surface area contributed by atoms with E-state index in [1.165, 1.54) is 26.2 Å². The Kier molecular flexibility index (Phi) is 5.57. The standard InChI is InChI=1S/C16H28N2/c1-5-9-17(10-6-2)13-15-18(11-7-3,12-8-4)16-14-17/h5-8H,1-4,9-16H2/q+2. The van der Waals surface area contributed by atoms with Crippen molar-refractivity contribution in [3.8, 4) is 0 Å². The number of hydrogen-bond acceptors (Lipinski definition) is 0. The second kappa shape index (κ2) is 6.72. The van der Waals surface area contributed by atoms with Gasteiger partial charge in [0.1, 0.15) is 26.2 Å². The molecule has 0 atom stereocenters. The van der Waals surface area contributed by atoms with Crippen LogP contribution in [0.1, 0.15) is 0 Å². The van der Waals surface area contributed by atoms with Gasteiger partial charge in [0.15, 0.2) is 0 Å². The third-order valence-corrected chi connectivity index (χ3v) is 4.16. The van der Waals surface area contributed by atoms with E-state index in [2.05, 4.69) is 26.3 Å². The van der Waals surface area contributed by atoms with Crippen molar-refractivity contribution in [2.24, 2.45) is 0 Å². The quantitative estimate of drug-likeness (QED) is 0.457. The molecule has 0 spiro atoms. The van der Waals surface area contributed by atoms with Crippen molar-refractivity contribution in [2.75, 3.05) is 52.4 Å². The highest BCUT2D eigenvalue weighted by Gasteiger charge is 2.39. The molecule has 0 aromatic heterocycles. The summed E-state index contributed by atoms with van der Waals surface area (Å²) >= 11 is 0. The molecule has 100 valence electrons. The zero-order valence-electron chi connectivity index (χ0n) is 11.7. The van der Waals surface area contributed by atoms with E-state index in [4.69, 9.17) is 0 Å². The highest BCUT2D eigenvalue weighted by atomic mass is 15.5. The Hall–Kier alpha value is -1.12. The fourth-order valence-corrected chi connectivity index (χ4v) is 3.05. The fraction of sp³-hybridized carbons (Fsp3) is 0.500. The first-order valence-corrected chi connectivity index (χ1v) is 6.80. The van der Waals surface area contributed by atoms with Crippen LogP contribution in [0.4, 0.5) is 0 Å². The number of piperazine rings is 1. The Morgan fingerprint density at radius 3 is 0.944 bits per heavy atom. The zero-order chi connectivity index (χ0) is 13.5. The fourth-order valence-electron chi connectivity index (χ4n) is 3.05. The molecule has 0 aliphatic carbocycles. The Labute approximate surface area is 112 Å². The summed E-state index contributed by atoms with van der Waals surface area (Å²) in [5.41, 5.74) is 0. The average molecular weight is 248 g/mol. The number of rotatable bonds is 8. The molecule has 0 bridgehead atoms. The molecule has 1 aliphatic rings. The van der Waals surface area contributed by atoms with Crippen LogP contribution in [0.25, 0.3) is 0 Å². The Morgan fingerprint density at radius 1 is 0.556 bits per heavy atom. The molecule has 1 aliphatic heterocycles. The van der Waals surface area contributed by atoms with E-state index in [0.717, 1.165) is 35.1 Å². The maximum absolute atomic E-state index is 3.90. The molecule has 0 aromatic carbocycles. The van der Waals surface area contributed by atoms with Crippen LogP contribution in [-0.2, 0) is 0 Å². The van der Waals surface area contributed by atoms with Gasteiger partial charge in [-0.25, -0.2) is 0 Å².